The van der Waals surface area contributed by atoms with E-state index in [4.69, 9.17) is 11.6 Å². The van der Waals surface area contributed by atoms with Gasteiger partial charge in [0.15, 0.2) is 5.96 Å². The van der Waals surface area contributed by atoms with Gasteiger partial charge in [0, 0.05) is 36.7 Å². The molecule has 0 aliphatic carbocycles. The molecule has 118 valence electrons. The van der Waals surface area contributed by atoms with E-state index < -0.39 is 0 Å². The van der Waals surface area contributed by atoms with Gasteiger partial charge in [0.25, 0.3) is 0 Å². The Kier molecular flexibility index (Phi) is 13.0. The maximum Gasteiger partial charge on any atom is 0.191 e. The van der Waals surface area contributed by atoms with E-state index in [0.717, 1.165) is 42.0 Å². The summed E-state index contributed by atoms with van der Waals surface area (Å²) >= 11 is 7.81. The number of benzene rings is 1. The van der Waals surface area contributed by atoms with Crippen LogP contribution in [0.1, 0.15) is 5.56 Å². The first kappa shape index (κ1) is 20.6. The summed E-state index contributed by atoms with van der Waals surface area (Å²) in [6, 6.07) is 7.93. The van der Waals surface area contributed by atoms with Gasteiger partial charge in [-0.05, 0) is 24.1 Å². The van der Waals surface area contributed by atoms with Gasteiger partial charge >= 0.3 is 0 Å². The molecule has 0 fully saturated rings. The van der Waals surface area contributed by atoms with Gasteiger partial charge in [0.05, 0.1) is 0 Å². The van der Waals surface area contributed by atoms with Crippen LogP contribution in [0.25, 0.3) is 0 Å². The minimum absolute atomic E-state index is 0. The minimum Gasteiger partial charge on any atom is -0.356 e. The second-order valence-corrected chi connectivity index (χ2v) is 5.76. The number of nitrogens with zero attached hydrogens (tertiary/aromatic N) is 1. The Hall–Kier alpha value is -0.400. The standard InChI is InChI=1S/C15H22ClN3S.HI/c1-3-10-20-11-9-19-15(17-2)18-8-7-13-5-4-6-14(16)12-13;/h3-6,12H,1,7-11H2,2H3,(H2,17,18,19);1H. The quantitative estimate of drug-likeness (QED) is 0.214. The Morgan fingerprint density at radius 2 is 2.14 bits per heavy atom. The highest BCUT2D eigenvalue weighted by atomic mass is 127. The Balaban J connectivity index is 0.00000400. The lowest BCUT2D eigenvalue weighted by molar-refractivity contribution is 0.812. The Bertz CT molecular complexity index is 441. The minimum atomic E-state index is 0. The fourth-order valence-electron chi connectivity index (χ4n) is 1.65. The second kappa shape index (κ2) is 13.3. The molecule has 2 N–H and O–H groups in total. The zero-order valence-electron chi connectivity index (χ0n) is 12.3. The Morgan fingerprint density at radius 3 is 2.81 bits per heavy atom. The first-order valence-electron chi connectivity index (χ1n) is 6.64. The van der Waals surface area contributed by atoms with Crippen molar-refractivity contribution < 1.29 is 0 Å². The maximum atomic E-state index is 5.96. The van der Waals surface area contributed by atoms with E-state index in [1.807, 2.05) is 36.0 Å². The molecule has 1 rings (SSSR count). The number of aliphatic imine (C=N–C) groups is 1. The van der Waals surface area contributed by atoms with Crippen molar-refractivity contribution in [3.05, 3.63) is 47.5 Å². The van der Waals surface area contributed by atoms with E-state index in [0.29, 0.717) is 0 Å². The van der Waals surface area contributed by atoms with Gasteiger partial charge in [0.1, 0.15) is 0 Å². The molecule has 3 nitrogen and oxygen atoms in total. The first-order chi connectivity index (χ1) is 9.76. The van der Waals surface area contributed by atoms with Crippen molar-refractivity contribution in [1.82, 2.24) is 10.6 Å². The van der Waals surface area contributed by atoms with E-state index in [1.165, 1.54) is 5.56 Å². The van der Waals surface area contributed by atoms with Gasteiger partial charge in [-0.25, -0.2) is 0 Å². The number of halogens is 2. The molecule has 0 saturated heterocycles. The van der Waals surface area contributed by atoms with Crippen molar-refractivity contribution in [2.24, 2.45) is 4.99 Å². The zero-order valence-corrected chi connectivity index (χ0v) is 16.2. The van der Waals surface area contributed by atoms with Crippen LogP contribution in [0.15, 0.2) is 41.9 Å². The third-order valence-electron chi connectivity index (χ3n) is 2.59. The van der Waals surface area contributed by atoms with Gasteiger partial charge in [0.2, 0.25) is 0 Å². The normalized spacial score (nSPS) is 10.7. The van der Waals surface area contributed by atoms with Gasteiger partial charge < -0.3 is 10.6 Å². The molecule has 21 heavy (non-hydrogen) atoms. The van der Waals surface area contributed by atoms with Gasteiger partial charge in [-0.15, -0.1) is 30.6 Å². The van der Waals surface area contributed by atoms with Crippen molar-refractivity contribution in [1.29, 1.82) is 0 Å². The molecule has 0 aliphatic rings. The lowest BCUT2D eigenvalue weighted by Gasteiger charge is -2.11. The average Bonchev–Trinajstić information content (AvgIpc) is 2.45. The zero-order chi connectivity index (χ0) is 14.6. The summed E-state index contributed by atoms with van der Waals surface area (Å²) < 4.78 is 0. The molecule has 6 heteroatoms. The summed E-state index contributed by atoms with van der Waals surface area (Å²) in [7, 11) is 1.78. The molecule has 0 radical (unpaired) electrons. The number of nitrogens with one attached hydrogen (secondary N) is 2. The predicted molar refractivity (Wildman–Crippen MR) is 107 cm³/mol. The van der Waals surface area contributed by atoms with Crippen LogP contribution in [0, 0.1) is 0 Å². The number of hydrogen-bond donors (Lipinski definition) is 2. The molecule has 0 aliphatic heterocycles. The summed E-state index contributed by atoms with van der Waals surface area (Å²) in [6.45, 7) is 5.43. The monoisotopic (exact) mass is 439 g/mol. The van der Waals surface area contributed by atoms with Crippen molar-refractivity contribution in [2.75, 3.05) is 31.6 Å². The maximum absolute atomic E-state index is 5.96. The fourth-order valence-corrected chi connectivity index (χ4v) is 2.44. The molecule has 0 heterocycles. The molecule has 0 saturated carbocycles. The molecule has 0 aromatic heterocycles. The average molecular weight is 440 g/mol. The van der Waals surface area contributed by atoms with Crippen molar-refractivity contribution in [3.8, 4) is 0 Å². The Morgan fingerprint density at radius 1 is 1.38 bits per heavy atom. The summed E-state index contributed by atoms with van der Waals surface area (Å²) in [5.41, 5.74) is 1.22. The van der Waals surface area contributed by atoms with Crippen LogP contribution >= 0.6 is 47.3 Å². The largest absolute Gasteiger partial charge is 0.356 e. The third-order valence-corrected chi connectivity index (χ3v) is 3.79. The van der Waals surface area contributed by atoms with Crippen molar-refractivity contribution >= 4 is 53.3 Å². The van der Waals surface area contributed by atoms with Crippen molar-refractivity contribution in [3.63, 3.8) is 0 Å². The van der Waals surface area contributed by atoms with Crippen LogP contribution in [0.4, 0.5) is 0 Å². The number of rotatable bonds is 8. The SMILES string of the molecule is C=CCSCCNC(=NC)NCCc1cccc(Cl)c1.I. The number of guanidine groups is 1. The highest BCUT2D eigenvalue weighted by molar-refractivity contribution is 14.0. The molecular weight excluding hydrogens is 417 g/mol. The van der Waals surface area contributed by atoms with Crippen LogP contribution in [-0.4, -0.2) is 37.6 Å². The molecular formula is C15H23ClIN3S. The molecule has 1 aromatic rings. The predicted octanol–water partition coefficient (Wildman–Crippen LogP) is 3.58. The highest BCUT2D eigenvalue weighted by Crippen LogP contribution is 2.10. The summed E-state index contributed by atoms with van der Waals surface area (Å²) in [6.07, 6.45) is 2.84. The summed E-state index contributed by atoms with van der Waals surface area (Å²) in [4.78, 5) is 4.19. The molecule has 0 atom stereocenters. The van der Waals surface area contributed by atoms with Gasteiger partial charge in [-0.3, -0.25) is 4.99 Å². The van der Waals surface area contributed by atoms with Gasteiger partial charge in [-0.1, -0.05) is 29.8 Å². The van der Waals surface area contributed by atoms with E-state index >= 15 is 0 Å². The molecule has 1 aromatic carbocycles. The van der Waals surface area contributed by atoms with E-state index in [9.17, 15) is 0 Å². The molecule has 0 bridgehead atoms. The van der Waals surface area contributed by atoms with E-state index in [1.54, 1.807) is 7.05 Å². The summed E-state index contributed by atoms with van der Waals surface area (Å²) in [5, 5.41) is 7.36. The van der Waals surface area contributed by atoms with Crippen LogP contribution in [0.5, 0.6) is 0 Å². The first-order valence-corrected chi connectivity index (χ1v) is 8.17. The van der Waals surface area contributed by atoms with Crippen LogP contribution in [0.2, 0.25) is 5.02 Å². The fraction of sp³-hybridized carbons (Fsp3) is 0.400. The molecule has 0 unspecified atom stereocenters. The summed E-state index contributed by atoms with van der Waals surface area (Å²) in [5.74, 6) is 2.87. The Labute approximate surface area is 154 Å². The lowest BCUT2D eigenvalue weighted by atomic mass is 10.1. The second-order valence-electron chi connectivity index (χ2n) is 4.17. The van der Waals surface area contributed by atoms with E-state index in [2.05, 4.69) is 28.3 Å². The third kappa shape index (κ3) is 10.0. The smallest absolute Gasteiger partial charge is 0.191 e. The number of thioether (sulfide) groups is 1. The van der Waals surface area contributed by atoms with Gasteiger partial charge in [-0.2, -0.15) is 11.8 Å². The topological polar surface area (TPSA) is 36.4 Å². The van der Waals surface area contributed by atoms with Crippen LogP contribution in [0.3, 0.4) is 0 Å². The number of hydrogen-bond acceptors (Lipinski definition) is 2. The van der Waals surface area contributed by atoms with Crippen LogP contribution in [-0.2, 0) is 6.42 Å². The lowest BCUT2D eigenvalue weighted by Crippen LogP contribution is -2.39. The van der Waals surface area contributed by atoms with Crippen LogP contribution < -0.4 is 10.6 Å². The van der Waals surface area contributed by atoms with Crippen molar-refractivity contribution in [2.45, 2.75) is 6.42 Å². The highest BCUT2D eigenvalue weighted by Gasteiger charge is 1.98. The molecule has 0 spiro atoms. The van der Waals surface area contributed by atoms with E-state index in [-0.39, 0.29) is 24.0 Å². The molecule has 0 amide bonds.